The number of tetrazole rings is 1. The third-order valence-electron chi connectivity index (χ3n) is 2.92. The molecule has 0 saturated heterocycles. The lowest BCUT2D eigenvalue weighted by molar-refractivity contribution is 0.102. The van der Waals surface area contributed by atoms with Crippen LogP contribution in [0.3, 0.4) is 0 Å². The molecule has 0 bridgehead atoms. The molecule has 0 atom stereocenters. The normalized spacial score (nSPS) is 10.5. The first-order chi connectivity index (χ1) is 10.6. The highest BCUT2D eigenvalue weighted by atomic mass is 19.2. The first kappa shape index (κ1) is 13.8. The number of amides is 1. The van der Waals surface area contributed by atoms with E-state index in [9.17, 15) is 13.6 Å². The molecule has 0 radical (unpaired) electrons. The highest BCUT2D eigenvalue weighted by molar-refractivity contribution is 6.06. The molecule has 3 rings (SSSR count). The van der Waals surface area contributed by atoms with Crippen LogP contribution in [0.15, 0.2) is 48.8 Å². The molecule has 1 heterocycles. The number of halogens is 2. The second-order valence-corrected chi connectivity index (χ2v) is 4.35. The predicted molar refractivity (Wildman–Crippen MR) is 73.5 cm³/mol. The van der Waals surface area contributed by atoms with Crippen LogP contribution in [0.5, 0.6) is 0 Å². The van der Waals surface area contributed by atoms with Gasteiger partial charge in [-0.2, -0.15) is 4.68 Å². The lowest BCUT2D eigenvalue weighted by Gasteiger charge is -2.09. The van der Waals surface area contributed by atoms with E-state index in [1.807, 2.05) is 0 Å². The Labute approximate surface area is 123 Å². The van der Waals surface area contributed by atoms with E-state index in [1.165, 1.54) is 17.1 Å². The number of benzene rings is 2. The van der Waals surface area contributed by atoms with Gasteiger partial charge in [0.1, 0.15) is 6.33 Å². The van der Waals surface area contributed by atoms with Crippen molar-refractivity contribution in [2.45, 2.75) is 0 Å². The number of aromatic nitrogens is 4. The molecule has 1 aromatic heterocycles. The van der Waals surface area contributed by atoms with Crippen LogP contribution in [0.1, 0.15) is 10.4 Å². The molecule has 0 aliphatic rings. The van der Waals surface area contributed by atoms with Crippen molar-refractivity contribution < 1.29 is 13.6 Å². The van der Waals surface area contributed by atoms with Gasteiger partial charge in [-0.05, 0) is 34.7 Å². The minimum Gasteiger partial charge on any atom is -0.322 e. The van der Waals surface area contributed by atoms with Gasteiger partial charge in [-0.1, -0.05) is 12.1 Å². The molecule has 0 unspecified atom stereocenters. The van der Waals surface area contributed by atoms with Crippen molar-refractivity contribution in [3.05, 3.63) is 66.0 Å². The molecule has 1 N–H and O–H groups in total. The quantitative estimate of drug-likeness (QED) is 0.805. The van der Waals surface area contributed by atoms with Crippen molar-refractivity contribution in [2.24, 2.45) is 0 Å². The van der Waals surface area contributed by atoms with Crippen molar-refractivity contribution in [1.29, 1.82) is 0 Å². The fraction of sp³-hybridized carbons (Fsp3) is 0. The van der Waals surface area contributed by atoms with Crippen LogP contribution in [0, 0.1) is 11.6 Å². The summed E-state index contributed by atoms with van der Waals surface area (Å²) in [6.07, 6.45) is 1.35. The Balaban J connectivity index is 1.91. The van der Waals surface area contributed by atoms with Crippen LogP contribution in [0.2, 0.25) is 0 Å². The van der Waals surface area contributed by atoms with Crippen LogP contribution in [0.25, 0.3) is 5.69 Å². The Morgan fingerprint density at radius 3 is 2.64 bits per heavy atom. The summed E-state index contributed by atoms with van der Waals surface area (Å²) in [6.45, 7) is 0. The van der Waals surface area contributed by atoms with E-state index in [0.29, 0.717) is 11.3 Å². The summed E-state index contributed by atoms with van der Waals surface area (Å²) in [5.74, 6) is -2.50. The number of carbonyl (C=O) groups is 1. The summed E-state index contributed by atoms with van der Waals surface area (Å²) in [5.41, 5.74) is 0.905. The summed E-state index contributed by atoms with van der Waals surface area (Å²) in [5, 5.41) is 13.3. The van der Waals surface area contributed by atoms with Gasteiger partial charge < -0.3 is 5.32 Å². The van der Waals surface area contributed by atoms with Gasteiger partial charge in [0.25, 0.3) is 5.91 Å². The van der Waals surface area contributed by atoms with Crippen molar-refractivity contribution >= 4 is 11.6 Å². The topological polar surface area (TPSA) is 72.7 Å². The maximum absolute atomic E-state index is 13.2. The van der Waals surface area contributed by atoms with Gasteiger partial charge in [0, 0.05) is 11.8 Å². The van der Waals surface area contributed by atoms with Gasteiger partial charge >= 0.3 is 0 Å². The predicted octanol–water partition coefficient (Wildman–Crippen LogP) is 2.19. The van der Waals surface area contributed by atoms with E-state index < -0.39 is 17.5 Å². The Hall–Kier alpha value is -3.16. The first-order valence-electron chi connectivity index (χ1n) is 6.24. The zero-order chi connectivity index (χ0) is 15.5. The maximum Gasteiger partial charge on any atom is 0.257 e. The van der Waals surface area contributed by atoms with E-state index in [1.54, 1.807) is 24.3 Å². The van der Waals surface area contributed by atoms with E-state index in [4.69, 9.17) is 0 Å². The van der Waals surface area contributed by atoms with Gasteiger partial charge in [0.15, 0.2) is 11.6 Å². The third-order valence-corrected chi connectivity index (χ3v) is 2.92. The summed E-state index contributed by atoms with van der Waals surface area (Å²) in [7, 11) is 0. The van der Waals surface area contributed by atoms with Crippen LogP contribution < -0.4 is 5.32 Å². The molecule has 110 valence electrons. The van der Waals surface area contributed by atoms with E-state index in [2.05, 4.69) is 20.8 Å². The number of para-hydroxylation sites is 1. The molecule has 0 spiro atoms. The van der Waals surface area contributed by atoms with E-state index in [-0.39, 0.29) is 5.69 Å². The maximum atomic E-state index is 13.2. The Morgan fingerprint density at radius 2 is 1.91 bits per heavy atom. The molecule has 6 nitrogen and oxygen atoms in total. The number of anilines is 1. The van der Waals surface area contributed by atoms with Gasteiger partial charge in [-0.3, -0.25) is 4.79 Å². The largest absolute Gasteiger partial charge is 0.322 e. The van der Waals surface area contributed by atoms with Gasteiger partial charge in [-0.25, -0.2) is 8.78 Å². The number of nitrogens with zero attached hydrogens (tertiary/aromatic N) is 4. The molecule has 8 heteroatoms. The first-order valence-corrected chi connectivity index (χ1v) is 6.24. The molecular formula is C14H9F2N5O. The molecule has 2 aromatic carbocycles. The number of nitrogens with one attached hydrogen (secondary N) is 1. The smallest absolute Gasteiger partial charge is 0.257 e. The van der Waals surface area contributed by atoms with Gasteiger partial charge in [0.2, 0.25) is 0 Å². The van der Waals surface area contributed by atoms with Gasteiger partial charge in [0.05, 0.1) is 11.3 Å². The molecule has 0 saturated carbocycles. The second-order valence-electron chi connectivity index (χ2n) is 4.35. The zero-order valence-corrected chi connectivity index (χ0v) is 11.1. The lowest BCUT2D eigenvalue weighted by Crippen LogP contribution is -2.15. The Bertz CT molecular complexity index is 820. The molecule has 0 aliphatic carbocycles. The van der Waals surface area contributed by atoms with Crippen LogP contribution in [-0.2, 0) is 0 Å². The lowest BCUT2D eigenvalue weighted by atomic mass is 10.1. The average Bonchev–Trinajstić information content (AvgIpc) is 3.05. The number of rotatable bonds is 3. The highest BCUT2D eigenvalue weighted by Gasteiger charge is 2.14. The third kappa shape index (κ3) is 2.66. The second kappa shape index (κ2) is 5.68. The molecular weight excluding hydrogens is 292 g/mol. The monoisotopic (exact) mass is 301 g/mol. The van der Waals surface area contributed by atoms with Crippen molar-refractivity contribution in [3.8, 4) is 5.69 Å². The molecule has 3 aromatic rings. The number of hydrogen-bond acceptors (Lipinski definition) is 4. The molecule has 22 heavy (non-hydrogen) atoms. The SMILES string of the molecule is O=C(Nc1ccc(F)c(F)c1)c1ccccc1-n1cnnn1. The standard InChI is InChI=1S/C14H9F2N5O/c15-11-6-5-9(7-12(11)16)18-14(22)10-3-1-2-4-13(10)21-8-17-19-20-21/h1-8H,(H,18,22). The minimum absolute atomic E-state index is 0.149. The minimum atomic E-state index is -1.04. The van der Waals surface area contributed by atoms with Crippen LogP contribution in [0.4, 0.5) is 14.5 Å². The summed E-state index contributed by atoms with van der Waals surface area (Å²) in [4.78, 5) is 12.3. The summed E-state index contributed by atoms with van der Waals surface area (Å²) >= 11 is 0. The highest BCUT2D eigenvalue weighted by Crippen LogP contribution is 2.17. The van der Waals surface area contributed by atoms with Crippen molar-refractivity contribution in [3.63, 3.8) is 0 Å². The Kier molecular flexibility index (Phi) is 3.57. The molecule has 0 aliphatic heterocycles. The fourth-order valence-corrected chi connectivity index (χ4v) is 1.91. The molecule has 1 amide bonds. The van der Waals surface area contributed by atoms with E-state index in [0.717, 1.165) is 12.1 Å². The molecule has 0 fully saturated rings. The fourth-order valence-electron chi connectivity index (χ4n) is 1.91. The van der Waals surface area contributed by atoms with Crippen molar-refractivity contribution in [1.82, 2.24) is 20.2 Å². The van der Waals surface area contributed by atoms with Crippen LogP contribution >= 0.6 is 0 Å². The summed E-state index contributed by atoms with van der Waals surface area (Å²) < 4.78 is 27.4. The number of carbonyl (C=O) groups excluding carboxylic acids is 1. The van der Waals surface area contributed by atoms with E-state index >= 15 is 0 Å². The Morgan fingerprint density at radius 1 is 1.09 bits per heavy atom. The average molecular weight is 301 g/mol. The summed E-state index contributed by atoms with van der Waals surface area (Å²) in [6, 6.07) is 9.77. The van der Waals surface area contributed by atoms with Gasteiger partial charge in [-0.15, -0.1) is 5.10 Å². The zero-order valence-electron chi connectivity index (χ0n) is 11.1. The number of hydrogen-bond donors (Lipinski definition) is 1. The van der Waals surface area contributed by atoms with Crippen LogP contribution in [-0.4, -0.2) is 26.1 Å². The van der Waals surface area contributed by atoms with Crippen molar-refractivity contribution in [2.75, 3.05) is 5.32 Å².